The monoisotopic (exact) mass is 213 g/mol. The van der Waals surface area contributed by atoms with E-state index in [4.69, 9.17) is 0 Å². The van der Waals surface area contributed by atoms with Crippen LogP contribution in [0.4, 0.5) is 0 Å². The molecule has 0 bridgehead atoms. The summed E-state index contributed by atoms with van der Waals surface area (Å²) < 4.78 is 0. The lowest BCUT2D eigenvalue weighted by Crippen LogP contribution is -2.45. The van der Waals surface area contributed by atoms with Crippen molar-refractivity contribution in [3.8, 4) is 0 Å². The molecule has 0 radical (unpaired) electrons. The SMILES string of the molecule is CCCCC(CC)C(NCC)C(C)(C)C. The summed E-state index contributed by atoms with van der Waals surface area (Å²) in [5, 5.41) is 3.68. The number of unbranched alkanes of at least 4 members (excludes halogenated alkanes) is 1. The Morgan fingerprint density at radius 2 is 1.67 bits per heavy atom. The van der Waals surface area contributed by atoms with Gasteiger partial charge in [-0.15, -0.1) is 0 Å². The molecule has 15 heavy (non-hydrogen) atoms. The lowest BCUT2D eigenvalue weighted by atomic mass is 9.76. The first kappa shape index (κ1) is 15.0. The Morgan fingerprint density at radius 3 is 2.00 bits per heavy atom. The normalized spacial score (nSPS) is 16.4. The quantitative estimate of drug-likeness (QED) is 0.667. The van der Waals surface area contributed by atoms with Crippen LogP contribution in [0, 0.1) is 11.3 Å². The first-order valence-electron chi connectivity index (χ1n) is 6.70. The second kappa shape index (κ2) is 7.27. The van der Waals surface area contributed by atoms with Crippen LogP contribution in [-0.2, 0) is 0 Å². The standard InChI is InChI=1S/C14H31N/c1-7-10-11-12(8-2)13(15-9-3)14(4,5)6/h12-13,15H,7-11H2,1-6H3. The summed E-state index contributed by atoms with van der Waals surface area (Å²) >= 11 is 0. The van der Waals surface area contributed by atoms with Gasteiger partial charge < -0.3 is 5.32 Å². The smallest absolute Gasteiger partial charge is 0.0144 e. The van der Waals surface area contributed by atoms with E-state index in [1.807, 2.05) is 0 Å². The molecule has 0 aromatic rings. The van der Waals surface area contributed by atoms with E-state index in [-0.39, 0.29) is 0 Å². The van der Waals surface area contributed by atoms with Gasteiger partial charge in [0.1, 0.15) is 0 Å². The number of hydrogen-bond acceptors (Lipinski definition) is 1. The third-order valence-corrected chi connectivity index (χ3v) is 3.28. The predicted molar refractivity (Wildman–Crippen MR) is 70.2 cm³/mol. The first-order chi connectivity index (χ1) is 6.97. The van der Waals surface area contributed by atoms with Crippen molar-refractivity contribution in [1.29, 1.82) is 0 Å². The predicted octanol–water partition coefficient (Wildman–Crippen LogP) is 4.23. The maximum atomic E-state index is 3.68. The van der Waals surface area contributed by atoms with E-state index in [0.717, 1.165) is 12.5 Å². The van der Waals surface area contributed by atoms with Crippen LogP contribution in [0.15, 0.2) is 0 Å². The van der Waals surface area contributed by atoms with Crippen molar-refractivity contribution in [2.24, 2.45) is 11.3 Å². The van der Waals surface area contributed by atoms with Crippen LogP contribution in [-0.4, -0.2) is 12.6 Å². The summed E-state index contributed by atoms with van der Waals surface area (Å²) in [5.74, 6) is 0.838. The summed E-state index contributed by atoms with van der Waals surface area (Å²) in [6, 6.07) is 0.666. The van der Waals surface area contributed by atoms with Crippen LogP contribution in [0.5, 0.6) is 0 Å². The topological polar surface area (TPSA) is 12.0 Å². The van der Waals surface area contributed by atoms with E-state index in [2.05, 4.69) is 46.9 Å². The Bertz CT molecular complexity index is 146. The summed E-state index contributed by atoms with van der Waals surface area (Å²) in [7, 11) is 0. The molecule has 1 nitrogen and oxygen atoms in total. The second-order valence-electron chi connectivity index (χ2n) is 5.71. The van der Waals surface area contributed by atoms with Gasteiger partial charge in [-0.2, -0.15) is 0 Å². The molecule has 1 heteroatoms. The summed E-state index contributed by atoms with van der Waals surface area (Å²) in [5.41, 5.74) is 0.379. The van der Waals surface area contributed by atoms with Gasteiger partial charge in [0.05, 0.1) is 0 Å². The maximum absolute atomic E-state index is 3.68. The van der Waals surface area contributed by atoms with E-state index < -0.39 is 0 Å². The molecule has 0 aromatic carbocycles. The highest BCUT2D eigenvalue weighted by Gasteiger charge is 2.29. The summed E-state index contributed by atoms with van der Waals surface area (Å²) in [6.45, 7) is 15.0. The largest absolute Gasteiger partial charge is 0.313 e. The van der Waals surface area contributed by atoms with Crippen LogP contribution in [0.3, 0.4) is 0 Å². The van der Waals surface area contributed by atoms with Crippen molar-refractivity contribution in [1.82, 2.24) is 5.32 Å². The zero-order chi connectivity index (χ0) is 11.9. The summed E-state index contributed by atoms with van der Waals surface area (Å²) in [4.78, 5) is 0. The van der Waals surface area contributed by atoms with E-state index >= 15 is 0 Å². The fraction of sp³-hybridized carbons (Fsp3) is 1.00. The Balaban J connectivity index is 4.40. The van der Waals surface area contributed by atoms with Crippen molar-refractivity contribution in [2.45, 2.75) is 73.3 Å². The highest BCUT2D eigenvalue weighted by atomic mass is 14.9. The zero-order valence-electron chi connectivity index (χ0n) is 11.7. The van der Waals surface area contributed by atoms with Crippen molar-refractivity contribution < 1.29 is 0 Å². The molecule has 2 atom stereocenters. The van der Waals surface area contributed by atoms with Crippen LogP contribution in [0.1, 0.15) is 67.2 Å². The average Bonchev–Trinajstić information content (AvgIpc) is 2.15. The summed E-state index contributed by atoms with van der Waals surface area (Å²) in [6.07, 6.45) is 5.37. The molecule has 0 aliphatic rings. The molecule has 0 heterocycles. The van der Waals surface area contributed by atoms with Crippen molar-refractivity contribution in [3.63, 3.8) is 0 Å². The van der Waals surface area contributed by atoms with Crippen molar-refractivity contribution in [2.75, 3.05) is 6.54 Å². The maximum Gasteiger partial charge on any atom is 0.0144 e. The third kappa shape index (κ3) is 5.55. The van der Waals surface area contributed by atoms with Gasteiger partial charge in [0.15, 0.2) is 0 Å². The second-order valence-corrected chi connectivity index (χ2v) is 5.71. The fourth-order valence-electron chi connectivity index (χ4n) is 2.47. The minimum Gasteiger partial charge on any atom is -0.313 e. The van der Waals surface area contributed by atoms with Crippen molar-refractivity contribution >= 4 is 0 Å². The number of hydrogen-bond donors (Lipinski definition) is 1. The third-order valence-electron chi connectivity index (χ3n) is 3.28. The molecule has 0 amide bonds. The number of nitrogens with one attached hydrogen (secondary N) is 1. The van der Waals surface area contributed by atoms with E-state index in [9.17, 15) is 0 Å². The minimum absolute atomic E-state index is 0.379. The molecule has 0 saturated carbocycles. The van der Waals surface area contributed by atoms with Gasteiger partial charge in [-0.05, 0) is 24.3 Å². The lowest BCUT2D eigenvalue weighted by Gasteiger charge is -2.37. The molecule has 2 unspecified atom stereocenters. The van der Waals surface area contributed by atoms with Crippen LogP contribution < -0.4 is 5.32 Å². The average molecular weight is 213 g/mol. The Kier molecular flexibility index (Phi) is 7.25. The minimum atomic E-state index is 0.379. The number of rotatable bonds is 7. The molecule has 1 N–H and O–H groups in total. The van der Waals surface area contributed by atoms with Crippen LogP contribution in [0.25, 0.3) is 0 Å². The molecule has 0 fully saturated rings. The van der Waals surface area contributed by atoms with Gasteiger partial charge in [0.2, 0.25) is 0 Å². The fourth-order valence-corrected chi connectivity index (χ4v) is 2.47. The molecule has 0 rings (SSSR count). The molecular formula is C14H31N. The Morgan fingerprint density at radius 1 is 1.07 bits per heavy atom. The van der Waals surface area contributed by atoms with Gasteiger partial charge in [0, 0.05) is 6.04 Å². The van der Waals surface area contributed by atoms with Gasteiger partial charge in [-0.25, -0.2) is 0 Å². The van der Waals surface area contributed by atoms with Crippen LogP contribution in [0.2, 0.25) is 0 Å². The lowest BCUT2D eigenvalue weighted by molar-refractivity contribution is 0.180. The first-order valence-corrected chi connectivity index (χ1v) is 6.70. The zero-order valence-corrected chi connectivity index (χ0v) is 11.7. The van der Waals surface area contributed by atoms with Gasteiger partial charge >= 0.3 is 0 Å². The molecule has 0 aliphatic carbocycles. The molecular weight excluding hydrogens is 182 g/mol. The van der Waals surface area contributed by atoms with Crippen LogP contribution >= 0.6 is 0 Å². The highest BCUT2D eigenvalue weighted by Crippen LogP contribution is 2.30. The van der Waals surface area contributed by atoms with Crippen molar-refractivity contribution in [3.05, 3.63) is 0 Å². The van der Waals surface area contributed by atoms with E-state index in [1.54, 1.807) is 0 Å². The molecule has 0 aromatic heterocycles. The Labute approximate surface area is 97.0 Å². The van der Waals surface area contributed by atoms with E-state index in [1.165, 1.54) is 25.7 Å². The van der Waals surface area contributed by atoms with E-state index in [0.29, 0.717) is 11.5 Å². The Hall–Kier alpha value is -0.0400. The van der Waals surface area contributed by atoms with Gasteiger partial charge in [-0.1, -0.05) is 60.8 Å². The molecule has 92 valence electrons. The highest BCUT2D eigenvalue weighted by molar-refractivity contribution is 4.85. The molecule has 0 saturated heterocycles. The van der Waals surface area contributed by atoms with Gasteiger partial charge in [-0.3, -0.25) is 0 Å². The molecule has 0 spiro atoms. The molecule has 0 aliphatic heterocycles. The van der Waals surface area contributed by atoms with Gasteiger partial charge in [0.25, 0.3) is 0 Å².